The van der Waals surface area contributed by atoms with Crippen LogP contribution in [0.5, 0.6) is 6.01 Å². The molecule has 90 valence electrons. The molecule has 1 aliphatic carbocycles. The van der Waals surface area contributed by atoms with Crippen LogP contribution in [0.15, 0.2) is 30.6 Å². The fraction of sp³-hybridized carbons (Fsp3) is 0.214. The summed E-state index contributed by atoms with van der Waals surface area (Å²) in [5.74, 6) is 0.223. The van der Waals surface area contributed by atoms with Gasteiger partial charge in [0, 0.05) is 29.9 Å². The normalized spacial score (nSPS) is 13.5. The highest BCUT2D eigenvalue weighted by molar-refractivity contribution is 6.01. The minimum absolute atomic E-state index is 0.223. The van der Waals surface area contributed by atoms with Crippen LogP contribution in [0.1, 0.15) is 22.3 Å². The number of carbonyl (C=O) groups is 1. The van der Waals surface area contributed by atoms with E-state index in [0.29, 0.717) is 12.4 Å². The van der Waals surface area contributed by atoms with Crippen LogP contribution < -0.4 is 4.74 Å². The van der Waals surface area contributed by atoms with Gasteiger partial charge in [0.2, 0.25) is 0 Å². The van der Waals surface area contributed by atoms with Crippen molar-refractivity contribution in [3.8, 4) is 17.1 Å². The first kappa shape index (κ1) is 10.9. The maximum atomic E-state index is 11.7. The van der Waals surface area contributed by atoms with E-state index in [1.807, 2.05) is 18.2 Å². The van der Waals surface area contributed by atoms with E-state index < -0.39 is 0 Å². The molecule has 0 saturated heterocycles. The van der Waals surface area contributed by atoms with E-state index in [2.05, 4.69) is 9.97 Å². The van der Waals surface area contributed by atoms with Crippen molar-refractivity contribution in [2.24, 2.45) is 0 Å². The molecule has 4 heteroatoms. The maximum absolute atomic E-state index is 11.7. The summed E-state index contributed by atoms with van der Waals surface area (Å²) in [6.45, 7) is 0. The molecule has 4 nitrogen and oxygen atoms in total. The molecule has 1 heterocycles. The summed E-state index contributed by atoms with van der Waals surface area (Å²) in [6.07, 6.45) is 4.88. The Bertz CT molecular complexity index is 606. The summed E-state index contributed by atoms with van der Waals surface area (Å²) in [6, 6.07) is 6.29. The summed E-state index contributed by atoms with van der Waals surface area (Å²) >= 11 is 0. The van der Waals surface area contributed by atoms with Gasteiger partial charge in [0.15, 0.2) is 5.78 Å². The van der Waals surface area contributed by atoms with Gasteiger partial charge in [-0.05, 0) is 23.6 Å². The second-order valence-corrected chi connectivity index (χ2v) is 4.25. The van der Waals surface area contributed by atoms with Gasteiger partial charge in [-0.25, -0.2) is 9.97 Å². The van der Waals surface area contributed by atoms with Gasteiger partial charge in [-0.15, -0.1) is 0 Å². The number of methoxy groups -OCH3 is 1. The van der Waals surface area contributed by atoms with Crippen LogP contribution in [0.4, 0.5) is 0 Å². The zero-order valence-corrected chi connectivity index (χ0v) is 10.0. The lowest BCUT2D eigenvalue weighted by atomic mass is 10.0. The minimum atomic E-state index is 0.223. The molecule has 18 heavy (non-hydrogen) atoms. The largest absolute Gasteiger partial charge is 0.467 e. The number of benzene rings is 1. The Morgan fingerprint density at radius 1 is 1.11 bits per heavy atom. The second kappa shape index (κ2) is 4.22. The van der Waals surface area contributed by atoms with Gasteiger partial charge in [0.1, 0.15) is 0 Å². The number of hydrogen-bond acceptors (Lipinski definition) is 4. The number of hydrogen-bond donors (Lipinski definition) is 0. The standard InChI is InChI=1S/C14H12N2O2/c1-18-14-15-7-11(8-16-14)10-3-2-9-4-5-13(17)12(9)6-10/h2-3,6-8H,4-5H2,1H3. The van der Waals surface area contributed by atoms with Crippen molar-refractivity contribution in [2.45, 2.75) is 12.8 Å². The Hall–Kier alpha value is -2.23. The molecule has 0 radical (unpaired) electrons. The molecule has 1 aliphatic rings. The molecule has 0 bridgehead atoms. The summed E-state index contributed by atoms with van der Waals surface area (Å²) in [4.78, 5) is 19.8. The van der Waals surface area contributed by atoms with Crippen LogP contribution in [0.2, 0.25) is 0 Å². The van der Waals surface area contributed by atoms with Gasteiger partial charge in [-0.2, -0.15) is 0 Å². The van der Waals surface area contributed by atoms with Crippen LogP contribution in [0, 0.1) is 0 Å². The first-order valence-electron chi connectivity index (χ1n) is 5.80. The number of aryl methyl sites for hydroxylation is 1. The van der Waals surface area contributed by atoms with Crippen molar-refractivity contribution < 1.29 is 9.53 Å². The molecule has 1 aromatic heterocycles. The van der Waals surface area contributed by atoms with E-state index in [4.69, 9.17) is 4.74 Å². The summed E-state index contributed by atoms with van der Waals surface area (Å²) < 4.78 is 4.92. The van der Waals surface area contributed by atoms with Gasteiger partial charge < -0.3 is 4.74 Å². The Labute approximate surface area is 105 Å². The first-order chi connectivity index (χ1) is 8.78. The van der Waals surface area contributed by atoms with Gasteiger partial charge in [-0.3, -0.25) is 4.79 Å². The molecular formula is C14H12N2O2. The van der Waals surface area contributed by atoms with Crippen molar-refractivity contribution in [1.29, 1.82) is 0 Å². The summed E-state index contributed by atoms with van der Waals surface area (Å²) in [5.41, 5.74) is 3.83. The van der Waals surface area contributed by atoms with Gasteiger partial charge in [0.05, 0.1) is 7.11 Å². The number of nitrogens with zero attached hydrogens (tertiary/aromatic N) is 2. The van der Waals surface area contributed by atoms with E-state index in [9.17, 15) is 4.79 Å². The molecule has 3 rings (SSSR count). The van der Waals surface area contributed by atoms with Crippen LogP contribution >= 0.6 is 0 Å². The van der Waals surface area contributed by atoms with Crippen LogP contribution in [-0.4, -0.2) is 22.9 Å². The molecule has 2 aromatic rings. The highest BCUT2D eigenvalue weighted by Crippen LogP contribution is 2.27. The number of aromatic nitrogens is 2. The molecule has 1 aromatic carbocycles. The first-order valence-corrected chi connectivity index (χ1v) is 5.80. The topological polar surface area (TPSA) is 52.1 Å². The summed E-state index contributed by atoms with van der Waals surface area (Å²) in [7, 11) is 1.53. The number of carbonyl (C=O) groups excluding carboxylic acids is 1. The third-order valence-electron chi connectivity index (χ3n) is 3.18. The smallest absolute Gasteiger partial charge is 0.316 e. The van der Waals surface area contributed by atoms with Crippen molar-refractivity contribution >= 4 is 5.78 Å². The minimum Gasteiger partial charge on any atom is -0.467 e. The molecule has 0 saturated carbocycles. The fourth-order valence-corrected chi connectivity index (χ4v) is 2.19. The van der Waals surface area contributed by atoms with Gasteiger partial charge in [-0.1, -0.05) is 12.1 Å². The van der Waals surface area contributed by atoms with Gasteiger partial charge >= 0.3 is 6.01 Å². The number of ketones is 1. The predicted molar refractivity (Wildman–Crippen MR) is 66.7 cm³/mol. The molecule has 0 aliphatic heterocycles. The zero-order chi connectivity index (χ0) is 12.5. The third kappa shape index (κ3) is 1.76. The highest BCUT2D eigenvalue weighted by atomic mass is 16.5. The molecule has 0 unspecified atom stereocenters. The van der Waals surface area contributed by atoms with Crippen LogP contribution in [0.3, 0.4) is 0 Å². The van der Waals surface area contributed by atoms with E-state index >= 15 is 0 Å². The number of fused-ring (bicyclic) bond motifs is 1. The predicted octanol–water partition coefficient (Wildman–Crippen LogP) is 2.28. The zero-order valence-electron chi connectivity index (χ0n) is 10.0. The average molecular weight is 240 g/mol. The lowest BCUT2D eigenvalue weighted by Crippen LogP contribution is -1.94. The molecule has 0 amide bonds. The maximum Gasteiger partial charge on any atom is 0.316 e. The molecular weight excluding hydrogens is 228 g/mol. The van der Waals surface area contributed by atoms with Crippen LogP contribution in [0.25, 0.3) is 11.1 Å². The van der Waals surface area contributed by atoms with Crippen molar-refractivity contribution in [3.05, 3.63) is 41.7 Å². The lowest BCUT2D eigenvalue weighted by Gasteiger charge is -2.04. The third-order valence-corrected chi connectivity index (χ3v) is 3.18. The number of rotatable bonds is 2. The fourth-order valence-electron chi connectivity index (χ4n) is 2.19. The monoisotopic (exact) mass is 240 g/mol. The Kier molecular flexibility index (Phi) is 2.55. The van der Waals surface area contributed by atoms with Crippen molar-refractivity contribution in [3.63, 3.8) is 0 Å². The molecule has 0 N–H and O–H groups in total. The quantitative estimate of drug-likeness (QED) is 0.808. The molecule has 0 spiro atoms. The number of Topliss-reactive ketones (excluding diaryl/α,β-unsaturated/α-hetero) is 1. The highest BCUT2D eigenvalue weighted by Gasteiger charge is 2.19. The number of ether oxygens (including phenoxy) is 1. The molecule has 0 atom stereocenters. The Balaban J connectivity index is 2.01. The Morgan fingerprint density at radius 2 is 1.89 bits per heavy atom. The average Bonchev–Trinajstić information content (AvgIpc) is 2.80. The van der Waals surface area contributed by atoms with E-state index in [-0.39, 0.29) is 5.78 Å². The second-order valence-electron chi connectivity index (χ2n) is 4.25. The SMILES string of the molecule is COc1ncc(-c2ccc3c(c2)C(=O)CC3)cn1. The van der Waals surface area contributed by atoms with Crippen LogP contribution in [-0.2, 0) is 6.42 Å². The molecule has 0 fully saturated rings. The van der Waals surface area contributed by atoms with Crippen molar-refractivity contribution in [1.82, 2.24) is 9.97 Å². The van der Waals surface area contributed by atoms with E-state index in [1.54, 1.807) is 12.4 Å². The van der Waals surface area contributed by atoms with E-state index in [1.165, 1.54) is 7.11 Å². The van der Waals surface area contributed by atoms with Crippen molar-refractivity contribution in [2.75, 3.05) is 7.11 Å². The van der Waals surface area contributed by atoms with E-state index in [0.717, 1.165) is 28.7 Å². The Morgan fingerprint density at radius 3 is 2.61 bits per heavy atom. The summed E-state index contributed by atoms with van der Waals surface area (Å²) in [5, 5.41) is 0. The lowest BCUT2D eigenvalue weighted by molar-refractivity contribution is 0.0994. The van der Waals surface area contributed by atoms with Gasteiger partial charge in [0.25, 0.3) is 0 Å².